The number of piperidine rings is 1. The molecule has 2 saturated heterocycles. The summed E-state index contributed by atoms with van der Waals surface area (Å²) in [7, 11) is 0. The van der Waals surface area contributed by atoms with E-state index in [2.05, 4.69) is 26.8 Å². The van der Waals surface area contributed by atoms with Gasteiger partial charge in [0.05, 0.1) is 0 Å². The van der Waals surface area contributed by atoms with Gasteiger partial charge in [0.15, 0.2) is 11.5 Å². The largest absolute Gasteiger partial charge is 0.454 e. The van der Waals surface area contributed by atoms with E-state index in [1.807, 2.05) is 6.07 Å². The molecule has 1 saturated carbocycles. The highest BCUT2D eigenvalue weighted by molar-refractivity contribution is 5.81. The zero-order valence-corrected chi connectivity index (χ0v) is 15.9. The first kappa shape index (κ1) is 17.3. The number of fused-ring (bicyclic) bond motifs is 1. The summed E-state index contributed by atoms with van der Waals surface area (Å²) in [6.07, 6.45) is 4.61. The molecule has 1 amide bonds. The minimum atomic E-state index is 0.332. The van der Waals surface area contributed by atoms with Crippen molar-refractivity contribution in [3.63, 3.8) is 0 Å². The van der Waals surface area contributed by atoms with Gasteiger partial charge < -0.3 is 14.4 Å². The van der Waals surface area contributed by atoms with Crippen LogP contribution in [0.25, 0.3) is 0 Å². The molecular weight excluding hydrogens is 342 g/mol. The second-order valence-electron chi connectivity index (χ2n) is 8.35. The molecule has 27 heavy (non-hydrogen) atoms. The number of rotatable bonds is 4. The molecule has 1 atom stereocenters. The van der Waals surface area contributed by atoms with Gasteiger partial charge in [-0.3, -0.25) is 14.6 Å². The smallest absolute Gasteiger partial charge is 0.231 e. The van der Waals surface area contributed by atoms with Crippen molar-refractivity contribution in [1.29, 1.82) is 0 Å². The molecule has 0 spiro atoms. The Morgan fingerprint density at radius 2 is 1.81 bits per heavy atom. The summed E-state index contributed by atoms with van der Waals surface area (Å²) >= 11 is 0. The average molecular weight is 371 g/mol. The number of benzene rings is 1. The second-order valence-corrected chi connectivity index (χ2v) is 8.35. The van der Waals surface area contributed by atoms with Gasteiger partial charge in [-0.2, -0.15) is 0 Å². The SMILES string of the molecule is O=C(C1CC1)N1CCC[C@H](N2CCN(Cc3ccc4c(c3)OCO4)CC2)C1. The molecule has 6 heteroatoms. The molecule has 1 aliphatic carbocycles. The molecule has 146 valence electrons. The number of likely N-dealkylation sites (tertiary alicyclic amines) is 1. The van der Waals surface area contributed by atoms with Gasteiger partial charge in [-0.05, 0) is 43.4 Å². The van der Waals surface area contributed by atoms with Crippen LogP contribution in [0.5, 0.6) is 11.5 Å². The fourth-order valence-corrected chi connectivity index (χ4v) is 4.63. The Balaban J connectivity index is 1.13. The monoisotopic (exact) mass is 371 g/mol. The van der Waals surface area contributed by atoms with E-state index in [1.165, 1.54) is 12.0 Å². The van der Waals surface area contributed by atoms with Crippen LogP contribution in [0.15, 0.2) is 18.2 Å². The molecule has 0 aromatic heterocycles. The van der Waals surface area contributed by atoms with Gasteiger partial charge in [-0.15, -0.1) is 0 Å². The number of carbonyl (C=O) groups excluding carboxylic acids is 1. The van der Waals surface area contributed by atoms with E-state index in [0.29, 0.717) is 24.7 Å². The molecule has 1 aromatic carbocycles. The first-order valence-electron chi connectivity index (χ1n) is 10.4. The average Bonchev–Trinajstić information content (AvgIpc) is 3.46. The lowest BCUT2D eigenvalue weighted by Crippen LogP contribution is -2.55. The predicted octanol–water partition coefficient (Wildman–Crippen LogP) is 1.93. The molecule has 3 aliphatic heterocycles. The Kier molecular flexibility index (Phi) is 4.70. The summed E-state index contributed by atoms with van der Waals surface area (Å²) in [5, 5.41) is 0. The van der Waals surface area contributed by atoms with Gasteiger partial charge >= 0.3 is 0 Å². The first-order chi connectivity index (χ1) is 13.3. The molecule has 0 N–H and O–H groups in total. The van der Waals surface area contributed by atoms with Crippen LogP contribution in [0, 0.1) is 5.92 Å². The normalized spacial score (nSPS) is 26.4. The highest BCUT2D eigenvalue weighted by Crippen LogP contribution is 2.33. The van der Waals surface area contributed by atoms with Crippen molar-refractivity contribution in [2.45, 2.75) is 38.3 Å². The number of hydrogen-bond acceptors (Lipinski definition) is 5. The Hall–Kier alpha value is -1.79. The van der Waals surface area contributed by atoms with Crippen molar-refractivity contribution >= 4 is 5.91 Å². The number of amides is 1. The van der Waals surface area contributed by atoms with Gasteiger partial charge in [-0.25, -0.2) is 0 Å². The zero-order chi connectivity index (χ0) is 18.2. The van der Waals surface area contributed by atoms with Crippen LogP contribution >= 0.6 is 0 Å². The maximum Gasteiger partial charge on any atom is 0.231 e. The molecule has 3 fully saturated rings. The summed E-state index contributed by atoms with van der Waals surface area (Å²) in [6, 6.07) is 6.82. The highest BCUT2D eigenvalue weighted by Gasteiger charge is 2.36. The van der Waals surface area contributed by atoms with E-state index < -0.39 is 0 Å². The van der Waals surface area contributed by atoms with Gasteiger partial charge in [0, 0.05) is 57.8 Å². The van der Waals surface area contributed by atoms with E-state index in [9.17, 15) is 4.79 Å². The zero-order valence-electron chi connectivity index (χ0n) is 15.9. The van der Waals surface area contributed by atoms with Crippen LogP contribution < -0.4 is 9.47 Å². The van der Waals surface area contributed by atoms with Crippen LogP contribution in [-0.4, -0.2) is 72.7 Å². The van der Waals surface area contributed by atoms with Crippen LogP contribution in [0.3, 0.4) is 0 Å². The van der Waals surface area contributed by atoms with Crippen molar-refractivity contribution in [3.8, 4) is 11.5 Å². The molecule has 1 aromatic rings. The summed E-state index contributed by atoms with van der Waals surface area (Å²) in [4.78, 5) is 19.7. The fraction of sp³-hybridized carbons (Fsp3) is 0.667. The summed E-state index contributed by atoms with van der Waals surface area (Å²) in [5.41, 5.74) is 1.28. The lowest BCUT2D eigenvalue weighted by atomic mass is 10.0. The quantitative estimate of drug-likeness (QED) is 0.809. The van der Waals surface area contributed by atoms with Crippen molar-refractivity contribution in [1.82, 2.24) is 14.7 Å². The van der Waals surface area contributed by atoms with Crippen molar-refractivity contribution < 1.29 is 14.3 Å². The molecular formula is C21H29N3O3. The Bertz CT molecular complexity index is 698. The van der Waals surface area contributed by atoms with Crippen molar-refractivity contribution in [2.75, 3.05) is 46.1 Å². The number of ether oxygens (including phenoxy) is 2. The van der Waals surface area contributed by atoms with Crippen LogP contribution in [0.2, 0.25) is 0 Å². The Morgan fingerprint density at radius 3 is 2.63 bits per heavy atom. The third-order valence-corrected chi connectivity index (χ3v) is 6.40. The molecule has 0 radical (unpaired) electrons. The Morgan fingerprint density at radius 1 is 1.00 bits per heavy atom. The molecule has 3 heterocycles. The molecule has 0 bridgehead atoms. The highest BCUT2D eigenvalue weighted by atomic mass is 16.7. The Labute approximate surface area is 161 Å². The standard InChI is InChI=1S/C21H29N3O3/c25-21(17-4-5-17)24-7-1-2-18(14-24)23-10-8-22(9-11-23)13-16-3-6-19-20(12-16)27-15-26-19/h3,6,12,17-18H,1-2,4-5,7-11,13-15H2/t18-/m0/s1. The third kappa shape index (κ3) is 3.78. The number of carbonyl (C=O) groups is 1. The summed E-state index contributed by atoms with van der Waals surface area (Å²) in [5.74, 6) is 2.49. The summed E-state index contributed by atoms with van der Waals surface area (Å²) in [6.45, 7) is 7.57. The maximum atomic E-state index is 12.4. The van der Waals surface area contributed by atoms with Crippen LogP contribution in [-0.2, 0) is 11.3 Å². The third-order valence-electron chi connectivity index (χ3n) is 6.40. The van der Waals surface area contributed by atoms with E-state index >= 15 is 0 Å². The van der Waals surface area contributed by atoms with Gasteiger partial charge in [0.1, 0.15) is 0 Å². The van der Waals surface area contributed by atoms with Gasteiger partial charge in [0.25, 0.3) is 0 Å². The van der Waals surface area contributed by atoms with Crippen LogP contribution in [0.4, 0.5) is 0 Å². The van der Waals surface area contributed by atoms with E-state index in [4.69, 9.17) is 9.47 Å². The number of piperazine rings is 1. The van der Waals surface area contributed by atoms with E-state index in [1.54, 1.807) is 0 Å². The van der Waals surface area contributed by atoms with E-state index in [0.717, 1.165) is 76.6 Å². The lowest BCUT2D eigenvalue weighted by Gasteiger charge is -2.43. The second kappa shape index (κ2) is 7.32. The molecule has 6 nitrogen and oxygen atoms in total. The maximum absolute atomic E-state index is 12.4. The van der Waals surface area contributed by atoms with Crippen LogP contribution in [0.1, 0.15) is 31.2 Å². The van der Waals surface area contributed by atoms with Gasteiger partial charge in [0.2, 0.25) is 12.7 Å². The molecule has 4 aliphatic rings. The predicted molar refractivity (Wildman–Crippen MR) is 102 cm³/mol. The van der Waals surface area contributed by atoms with Gasteiger partial charge in [-0.1, -0.05) is 6.07 Å². The van der Waals surface area contributed by atoms with E-state index in [-0.39, 0.29) is 0 Å². The first-order valence-corrected chi connectivity index (χ1v) is 10.4. The topological polar surface area (TPSA) is 45.3 Å². The lowest BCUT2D eigenvalue weighted by molar-refractivity contribution is -0.134. The summed E-state index contributed by atoms with van der Waals surface area (Å²) < 4.78 is 10.9. The minimum absolute atomic E-state index is 0.332. The number of hydrogen-bond donors (Lipinski definition) is 0. The fourth-order valence-electron chi connectivity index (χ4n) is 4.63. The minimum Gasteiger partial charge on any atom is -0.454 e. The van der Waals surface area contributed by atoms with Crippen molar-refractivity contribution in [2.24, 2.45) is 5.92 Å². The van der Waals surface area contributed by atoms with Crippen molar-refractivity contribution in [3.05, 3.63) is 23.8 Å². The molecule has 5 rings (SSSR count). The molecule has 0 unspecified atom stereocenters. The number of nitrogens with zero attached hydrogens (tertiary/aromatic N) is 3.